The van der Waals surface area contributed by atoms with Gasteiger partial charge in [0.2, 0.25) is 0 Å². The van der Waals surface area contributed by atoms with Gasteiger partial charge in [0.1, 0.15) is 0 Å². The number of benzene rings is 1. The number of nitrogens with zero attached hydrogens (tertiary/aromatic N) is 1. The van der Waals surface area contributed by atoms with Gasteiger partial charge in [0.25, 0.3) is 0 Å². The van der Waals surface area contributed by atoms with Crippen molar-refractivity contribution in [3.8, 4) is 0 Å². The van der Waals surface area contributed by atoms with Crippen LogP contribution in [0.15, 0.2) is 24.3 Å². The van der Waals surface area contributed by atoms with E-state index in [4.69, 9.17) is 0 Å². The van der Waals surface area contributed by atoms with Gasteiger partial charge < -0.3 is 10.2 Å². The van der Waals surface area contributed by atoms with E-state index in [1.165, 1.54) is 36.8 Å². The highest BCUT2D eigenvalue weighted by Crippen LogP contribution is 2.27. The van der Waals surface area contributed by atoms with Crippen LogP contribution in [-0.2, 0) is 0 Å². The molecule has 0 amide bonds. The molecule has 1 unspecified atom stereocenters. The molecule has 0 bridgehead atoms. The number of likely N-dealkylation sites (N-methyl/N-ethyl adjacent to an activating group) is 2. The first-order valence-corrected chi connectivity index (χ1v) is 8.60. The molecule has 1 aliphatic carbocycles. The lowest BCUT2D eigenvalue weighted by molar-refractivity contribution is 0.156. The average Bonchev–Trinajstić information content (AvgIpc) is 2.48. The second-order valence-corrected chi connectivity index (χ2v) is 6.87. The van der Waals surface area contributed by atoms with Crippen LogP contribution in [0.3, 0.4) is 0 Å². The van der Waals surface area contributed by atoms with Crippen LogP contribution in [0.25, 0.3) is 0 Å². The zero-order valence-corrected chi connectivity index (χ0v) is 14.2. The molecule has 1 aromatic rings. The molecule has 1 saturated carbocycles. The third-order valence-corrected chi connectivity index (χ3v) is 5.01. The molecule has 21 heavy (non-hydrogen) atoms. The van der Waals surface area contributed by atoms with Crippen molar-refractivity contribution in [3.63, 3.8) is 0 Å². The molecule has 1 aliphatic rings. The van der Waals surface area contributed by atoms with Crippen molar-refractivity contribution in [2.75, 3.05) is 20.1 Å². The monoisotopic (exact) mass is 288 g/mol. The lowest BCUT2D eigenvalue weighted by Gasteiger charge is -2.36. The summed E-state index contributed by atoms with van der Waals surface area (Å²) in [6, 6.07) is 10.2. The molecule has 0 spiro atoms. The van der Waals surface area contributed by atoms with Gasteiger partial charge in [0, 0.05) is 18.6 Å². The zero-order valence-electron chi connectivity index (χ0n) is 14.2. The SMILES string of the molecule is CCNC(CN(C)C1CCC(C)CC1)c1ccc(C)cc1. The summed E-state index contributed by atoms with van der Waals surface area (Å²) in [5.41, 5.74) is 2.75. The minimum Gasteiger partial charge on any atom is -0.309 e. The second kappa shape index (κ2) is 7.95. The standard InChI is InChI=1S/C19H32N2/c1-5-20-19(17-10-6-15(2)7-11-17)14-21(4)18-12-8-16(3)9-13-18/h6-7,10-11,16,18-20H,5,8-9,12-14H2,1-4H3. The number of hydrogen-bond acceptors (Lipinski definition) is 2. The predicted molar refractivity (Wildman–Crippen MR) is 91.6 cm³/mol. The molecular weight excluding hydrogens is 256 g/mol. The Morgan fingerprint density at radius 1 is 1.14 bits per heavy atom. The van der Waals surface area contributed by atoms with Crippen LogP contribution in [-0.4, -0.2) is 31.1 Å². The van der Waals surface area contributed by atoms with E-state index in [0.717, 1.165) is 25.0 Å². The van der Waals surface area contributed by atoms with Crippen molar-refractivity contribution in [2.24, 2.45) is 5.92 Å². The minimum absolute atomic E-state index is 0.444. The first-order chi connectivity index (χ1) is 10.1. The van der Waals surface area contributed by atoms with Gasteiger partial charge in [-0.25, -0.2) is 0 Å². The average molecular weight is 288 g/mol. The Morgan fingerprint density at radius 3 is 2.33 bits per heavy atom. The van der Waals surface area contributed by atoms with E-state index in [0.29, 0.717) is 6.04 Å². The van der Waals surface area contributed by atoms with E-state index >= 15 is 0 Å². The molecule has 2 nitrogen and oxygen atoms in total. The topological polar surface area (TPSA) is 15.3 Å². The Morgan fingerprint density at radius 2 is 1.76 bits per heavy atom. The van der Waals surface area contributed by atoms with Gasteiger partial charge in [-0.15, -0.1) is 0 Å². The van der Waals surface area contributed by atoms with Crippen LogP contribution in [0.4, 0.5) is 0 Å². The summed E-state index contributed by atoms with van der Waals surface area (Å²) in [6.07, 6.45) is 5.52. The fraction of sp³-hybridized carbons (Fsp3) is 0.684. The number of aryl methyl sites for hydroxylation is 1. The highest BCUT2D eigenvalue weighted by molar-refractivity contribution is 5.24. The molecule has 1 atom stereocenters. The molecule has 1 fully saturated rings. The third kappa shape index (κ3) is 4.82. The van der Waals surface area contributed by atoms with Gasteiger partial charge >= 0.3 is 0 Å². The smallest absolute Gasteiger partial charge is 0.0449 e. The maximum atomic E-state index is 3.66. The van der Waals surface area contributed by atoms with Crippen molar-refractivity contribution in [1.82, 2.24) is 10.2 Å². The summed E-state index contributed by atoms with van der Waals surface area (Å²) in [7, 11) is 2.30. The third-order valence-electron chi connectivity index (χ3n) is 5.01. The molecule has 0 aliphatic heterocycles. The summed E-state index contributed by atoms with van der Waals surface area (Å²) in [6.45, 7) is 8.87. The van der Waals surface area contributed by atoms with Crippen LogP contribution >= 0.6 is 0 Å². The molecule has 0 radical (unpaired) electrons. The van der Waals surface area contributed by atoms with Crippen LogP contribution in [0.1, 0.15) is 56.7 Å². The molecule has 0 aromatic heterocycles. The van der Waals surface area contributed by atoms with Crippen molar-refractivity contribution >= 4 is 0 Å². The quantitative estimate of drug-likeness (QED) is 0.845. The number of nitrogens with one attached hydrogen (secondary N) is 1. The number of hydrogen-bond donors (Lipinski definition) is 1. The zero-order chi connectivity index (χ0) is 15.2. The second-order valence-electron chi connectivity index (χ2n) is 6.87. The predicted octanol–water partition coefficient (Wildman–Crippen LogP) is 4.16. The van der Waals surface area contributed by atoms with E-state index in [-0.39, 0.29) is 0 Å². The van der Waals surface area contributed by atoms with E-state index in [2.05, 4.69) is 62.3 Å². The van der Waals surface area contributed by atoms with E-state index in [1.54, 1.807) is 0 Å². The highest BCUT2D eigenvalue weighted by atomic mass is 15.2. The van der Waals surface area contributed by atoms with E-state index in [9.17, 15) is 0 Å². The van der Waals surface area contributed by atoms with Crippen LogP contribution < -0.4 is 5.32 Å². The molecule has 2 heteroatoms. The lowest BCUT2D eigenvalue weighted by Crippen LogP contribution is -2.40. The first kappa shape index (κ1) is 16.5. The summed E-state index contributed by atoms with van der Waals surface area (Å²) < 4.78 is 0. The van der Waals surface area contributed by atoms with Crippen molar-refractivity contribution in [1.29, 1.82) is 0 Å². The van der Waals surface area contributed by atoms with Crippen LogP contribution in [0.2, 0.25) is 0 Å². The molecule has 2 rings (SSSR count). The Kier molecular flexibility index (Phi) is 6.25. The fourth-order valence-corrected chi connectivity index (χ4v) is 3.45. The first-order valence-electron chi connectivity index (χ1n) is 8.60. The summed E-state index contributed by atoms with van der Waals surface area (Å²) in [5.74, 6) is 0.927. The molecule has 1 aromatic carbocycles. The molecule has 0 heterocycles. The van der Waals surface area contributed by atoms with E-state index in [1.807, 2.05) is 0 Å². The van der Waals surface area contributed by atoms with E-state index < -0.39 is 0 Å². The van der Waals surface area contributed by atoms with Gasteiger partial charge in [-0.1, -0.05) is 43.7 Å². The molecule has 1 N–H and O–H groups in total. The molecule has 0 saturated heterocycles. The van der Waals surface area contributed by atoms with Gasteiger partial charge in [-0.3, -0.25) is 0 Å². The van der Waals surface area contributed by atoms with Crippen molar-refractivity contribution < 1.29 is 0 Å². The van der Waals surface area contributed by atoms with Gasteiger partial charge in [0.15, 0.2) is 0 Å². The Bertz CT molecular complexity index is 404. The van der Waals surface area contributed by atoms with Gasteiger partial charge in [-0.05, 0) is 57.7 Å². The molecular formula is C19H32N2. The Balaban J connectivity index is 1.97. The van der Waals surface area contributed by atoms with Gasteiger partial charge in [0.05, 0.1) is 0 Å². The van der Waals surface area contributed by atoms with Crippen LogP contribution in [0, 0.1) is 12.8 Å². The Labute approximate surface area is 130 Å². The van der Waals surface area contributed by atoms with Crippen molar-refractivity contribution in [2.45, 2.75) is 58.5 Å². The summed E-state index contributed by atoms with van der Waals surface area (Å²) >= 11 is 0. The summed E-state index contributed by atoms with van der Waals surface area (Å²) in [4.78, 5) is 2.58. The van der Waals surface area contributed by atoms with Crippen molar-refractivity contribution in [3.05, 3.63) is 35.4 Å². The highest BCUT2D eigenvalue weighted by Gasteiger charge is 2.23. The number of rotatable bonds is 6. The maximum Gasteiger partial charge on any atom is 0.0449 e. The maximum absolute atomic E-state index is 3.66. The largest absolute Gasteiger partial charge is 0.309 e. The normalized spacial score (nSPS) is 24.2. The summed E-state index contributed by atoms with van der Waals surface area (Å²) in [5, 5.41) is 3.66. The fourth-order valence-electron chi connectivity index (χ4n) is 3.45. The van der Waals surface area contributed by atoms with Gasteiger partial charge in [-0.2, -0.15) is 0 Å². The molecule has 118 valence electrons. The lowest BCUT2D eigenvalue weighted by atomic mass is 9.86. The van der Waals surface area contributed by atoms with Crippen LogP contribution in [0.5, 0.6) is 0 Å². The Hall–Kier alpha value is -0.860. The minimum atomic E-state index is 0.444.